The first-order valence-electron chi connectivity index (χ1n) is 8.05. The largest absolute Gasteiger partial charge is 0.349 e. The number of aromatic nitrogens is 2. The molecule has 21 heavy (non-hydrogen) atoms. The van der Waals surface area contributed by atoms with E-state index in [9.17, 15) is 4.79 Å². The molecule has 0 fully saturated rings. The Kier molecular flexibility index (Phi) is 5.39. The molecule has 0 saturated carbocycles. The molecule has 0 spiro atoms. The zero-order valence-electron chi connectivity index (χ0n) is 13.4. The van der Waals surface area contributed by atoms with Gasteiger partial charge in [-0.3, -0.25) is 9.48 Å². The van der Waals surface area contributed by atoms with Crippen molar-refractivity contribution in [3.63, 3.8) is 0 Å². The van der Waals surface area contributed by atoms with E-state index >= 15 is 0 Å². The Morgan fingerprint density at radius 3 is 3.00 bits per heavy atom. The number of nitrogens with one attached hydrogen (secondary N) is 1. The van der Waals surface area contributed by atoms with E-state index in [0.29, 0.717) is 0 Å². The molecule has 0 bridgehead atoms. The summed E-state index contributed by atoms with van der Waals surface area (Å²) < 4.78 is 1.93. The number of aryl methyl sites for hydroxylation is 1. The topological polar surface area (TPSA) is 72.9 Å². The Hall–Kier alpha value is -1.36. The third-order valence-electron chi connectivity index (χ3n) is 4.44. The Morgan fingerprint density at radius 1 is 1.52 bits per heavy atom. The highest BCUT2D eigenvalue weighted by Crippen LogP contribution is 2.29. The number of amides is 1. The van der Waals surface area contributed by atoms with E-state index in [0.717, 1.165) is 38.5 Å². The summed E-state index contributed by atoms with van der Waals surface area (Å²) in [4.78, 5) is 12.3. The van der Waals surface area contributed by atoms with Gasteiger partial charge in [-0.2, -0.15) is 5.10 Å². The van der Waals surface area contributed by atoms with Crippen molar-refractivity contribution >= 4 is 5.91 Å². The molecule has 5 nitrogen and oxygen atoms in total. The fourth-order valence-corrected chi connectivity index (χ4v) is 3.05. The van der Waals surface area contributed by atoms with Crippen LogP contribution in [-0.2, 0) is 18.3 Å². The third-order valence-corrected chi connectivity index (χ3v) is 4.44. The van der Waals surface area contributed by atoms with Gasteiger partial charge in [0.1, 0.15) is 0 Å². The van der Waals surface area contributed by atoms with Crippen molar-refractivity contribution in [2.24, 2.45) is 18.7 Å². The van der Waals surface area contributed by atoms with Crippen LogP contribution in [0.25, 0.3) is 0 Å². The summed E-state index contributed by atoms with van der Waals surface area (Å²) in [6.45, 7) is 4.01. The van der Waals surface area contributed by atoms with Gasteiger partial charge in [0.05, 0.1) is 12.2 Å². The van der Waals surface area contributed by atoms with Gasteiger partial charge in [0.15, 0.2) is 0 Å². The first-order chi connectivity index (χ1) is 9.99. The van der Waals surface area contributed by atoms with Crippen LogP contribution in [0.15, 0.2) is 6.20 Å². The lowest BCUT2D eigenvalue weighted by Crippen LogP contribution is -2.34. The molecule has 1 aliphatic rings. The molecular weight excluding hydrogens is 264 g/mol. The van der Waals surface area contributed by atoms with Crippen molar-refractivity contribution in [1.82, 2.24) is 15.1 Å². The lowest BCUT2D eigenvalue weighted by atomic mass is 9.92. The van der Waals surface area contributed by atoms with Crippen molar-refractivity contribution < 1.29 is 4.79 Å². The maximum atomic E-state index is 12.3. The van der Waals surface area contributed by atoms with Crippen molar-refractivity contribution in [2.45, 2.75) is 64.5 Å². The Morgan fingerprint density at radius 2 is 2.29 bits per heavy atom. The van der Waals surface area contributed by atoms with Crippen molar-refractivity contribution in [1.29, 1.82) is 0 Å². The molecule has 0 aromatic carbocycles. The maximum Gasteiger partial charge on any atom is 0.223 e. The SMILES string of the molecule is CC(N)CCCC(C)C(=O)NC1CCCc2c1cnn2C. The number of carbonyl (C=O) groups excluding carboxylic acids is 1. The number of fused-ring (bicyclic) bond motifs is 1. The zero-order valence-corrected chi connectivity index (χ0v) is 13.4. The average Bonchev–Trinajstić information content (AvgIpc) is 2.81. The van der Waals surface area contributed by atoms with Gasteiger partial charge in [0, 0.05) is 30.3 Å². The molecule has 1 aliphatic carbocycles. The molecule has 3 unspecified atom stereocenters. The van der Waals surface area contributed by atoms with Crippen LogP contribution in [-0.4, -0.2) is 21.7 Å². The molecule has 0 saturated heterocycles. The predicted octanol–water partition coefficient (Wildman–Crippen LogP) is 2.07. The molecule has 1 heterocycles. The highest BCUT2D eigenvalue weighted by Gasteiger charge is 2.26. The first-order valence-corrected chi connectivity index (χ1v) is 8.05. The highest BCUT2D eigenvalue weighted by molar-refractivity contribution is 5.78. The fourth-order valence-electron chi connectivity index (χ4n) is 3.05. The molecule has 3 N–H and O–H groups in total. The number of carbonyl (C=O) groups is 1. The van der Waals surface area contributed by atoms with Crippen LogP contribution in [0, 0.1) is 5.92 Å². The lowest BCUT2D eigenvalue weighted by Gasteiger charge is -2.25. The fraction of sp³-hybridized carbons (Fsp3) is 0.750. The molecule has 3 atom stereocenters. The van der Waals surface area contributed by atoms with Crippen molar-refractivity contribution in [2.75, 3.05) is 0 Å². The number of rotatable bonds is 6. The second-order valence-electron chi connectivity index (χ2n) is 6.43. The second kappa shape index (κ2) is 7.07. The van der Waals surface area contributed by atoms with E-state index in [1.54, 1.807) is 0 Å². The van der Waals surface area contributed by atoms with Crippen LogP contribution in [0.3, 0.4) is 0 Å². The summed E-state index contributed by atoms with van der Waals surface area (Å²) in [5.41, 5.74) is 8.20. The Balaban J connectivity index is 1.88. The number of hydrogen-bond acceptors (Lipinski definition) is 3. The molecule has 1 aromatic heterocycles. The van der Waals surface area contributed by atoms with Crippen LogP contribution in [0.1, 0.15) is 63.3 Å². The normalized spacial score (nSPS) is 20.7. The molecule has 0 radical (unpaired) electrons. The standard InChI is InChI=1S/C16H28N4O/c1-11(6-4-7-12(2)17)16(21)19-14-8-5-9-15-13(14)10-18-20(15)3/h10-12,14H,4-9,17H2,1-3H3,(H,19,21). The van der Waals surface area contributed by atoms with Gasteiger partial charge in [0.25, 0.3) is 0 Å². The van der Waals surface area contributed by atoms with E-state index in [2.05, 4.69) is 10.4 Å². The number of nitrogens with two attached hydrogens (primary N) is 1. The Labute approximate surface area is 127 Å². The van der Waals surface area contributed by atoms with Gasteiger partial charge in [-0.05, 0) is 39.0 Å². The van der Waals surface area contributed by atoms with Gasteiger partial charge < -0.3 is 11.1 Å². The molecule has 1 aromatic rings. The molecule has 0 aliphatic heterocycles. The van der Waals surface area contributed by atoms with E-state index in [4.69, 9.17) is 5.73 Å². The van der Waals surface area contributed by atoms with E-state index in [-0.39, 0.29) is 23.9 Å². The van der Waals surface area contributed by atoms with Crippen LogP contribution in [0.5, 0.6) is 0 Å². The summed E-state index contributed by atoms with van der Waals surface area (Å²) >= 11 is 0. The Bertz CT molecular complexity index is 481. The van der Waals surface area contributed by atoms with E-state index in [1.807, 2.05) is 31.8 Å². The van der Waals surface area contributed by atoms with E-state index < -0.39 is 0 Å². The lowest BCUT2D eigenvalue weighted by molar-refractivity contribution is -0.125. The van der Waals surface area contributed by atoms with Gasteiger partial charge in [-0.1, -0.05) is 13.3 Å². The third kappa shape index (κ3) is 4.06. The molecule has 2 rings (SSSR count). The van der Waals surface area contributed by atoms with Gasteiger partial charge in [-0.25, -0.2) is 0 Å². The van der Waals surface area contributed by atoms with E-state index in [1.165, 1.54) is 11.3 Å². The smallest absolute Gasteiger partial charge is 0.223 e. The minimum absolute atomic E-state index is 0.0470. The monoisotopic (exact) mass is 292 g/mol. The second-order valence-corrected chi connectivity index (χ2v) is 6.43. The maximum absolute atomic E-state index is 12.3. The molecular formula is C16H28N4O. The first kappa shape index (κ1) is 16.0. The minimum atomic E-state index is 0.0470. The zero-order chi connectivity index (χ0) is 15.4. The minimum Gasteiger partial charge on any atom is -0.349 e. The van der Waals surface area contributed by atoms with Gasteiger partial charge in [0.2, 0.25) is 5.91 Å². The summed E-state index contributed by atoms with van der Waals surface area (Å²) in [5, 5.41) is 7.52. The highest BCUT2D eigenvalue weighted by atomic mass is 16.1. The average molecular weight is 292 g/mol. The molecule has 118 valence electrons. The molecule has 1 amide bonds. The summed E-state index contributed by atoms with van der Waals surface area (Å²) in [6.07, 6.45) is 7.97. The predicted molar refractivity (Wildman–Crippen MR) is 83.7 cm³/mol. The summed E-state index contributed by atoms with van der Waals surface area (Å²) in [6, 6.07) is 0.349. The van der Waals surface area contributed by atoms with Crippen LogP contribution in [0.2, 0.25) is 0 Å². The van der Waals surface area contributed by atoms with Gasteiger partial charge in [-0.15, -0.1) is 0 Å². The number of hydrogen-bond donors (Lipinski definition) is 2. The quantitative estimate of drug-likeness (QED) is 0.843. The van der Waals surface area contributed by atoms with Crippen LogP contribution in [0.4, 0.5) is 0 Å². The summed E-state index contributed by atoms with van der Waals surface area (Å²) in [5.74, 6) is 0.201. The summed E-state index contributed by atoms with van der Waals surface area (Å²) in [7, 11) is 1.97. The number of nitrogens with zero attached hydrogens (tertiary/aromatic N) is 2. The molecule has 5 heteroatoms. The van der Waals surface area contributed by atoms with Crippen molar-refractivity contribution in [3.05, 3.63) is 17.5 Å². The van der Waals surface area contributed by atoms with Gasteiger partial charge >= 0.3 is 0 Å². The van der Waals surface area contributed by atoms with Crippen molar-refractivity contribution in [3.8, 4) is 0 Å². The van der Waals surface area contributed by atoms with Crippen LogP contribution >= 0.6 is 0 Å². The van der Waals surface area contributed by atoms with Crippen LogP contribution < -0.4 is 11.1 Å².